The van der Waals surface area contributed by atoms with E-state index < -0.39 is 0 Å². The van der Waals surface area contributed by atoms with Gasteiger partial charge in [-0.2, -0.15) is 0 Å². The molecule has 2 N–H and O–H groups in total. The Morgan fingerprint density at radius 1 is 1.35 bits per heavy atom. The highest BCUT2D eigenvalue weighted by atomic mass is 35.5. The normalized spacial score (nSPS) is 10.2. The molecule has 0 bridgehead atoms. The van der Waals surface area contributed by atoms with E-state index in [4.69, 9.17) is 22.1 Å². The Morgan fingerprint density at radius 2 is 2.18 bits per heavy atom. The van der Waals surface area contributed by atoms with Crippen molar-refractivity contribution >= 4 is 17.3 Å². The molecular weight excluding hydrogens is 236 g/mol. The van der Waals surface area contributed by atoms with Crippen LogP contribution in [0.15, 0.2) is 36.5 Å². The zero-order valence-corrected chi connectivity index (χ0v) is 10.2. The van der Waals surface area contributed by atoms with E-state index in [9.17, 15) is 0 Å². The molecule has 2 aromatic rings. The molecule has 2 rings (SSSR count). The molecule has 0 aliphatic carbocycles. The molecule has 88 valence electrons. The lowest BCUT2D eigenvalue weighted by Gasteiger charge is -2.08. The molecule has 0 saturated heterocycles. The molecule has 0 amide bonds. The van der Waals surface area contributed by atoms with Crippen LogP contribution < -0.4 is 10.5 Å². The van der Waals surface area contributed by atoms with Gasteiger partial charge in [-0.1, -0.05) is 23.7 Å². The van der Waals surface area contributed by atoms with E-state index in [0.717, 1.165) is 11.1 Å². The second-order valence-electron chi connectivity index (χ2n) is 3.81. The first-order valence-corrected chi connectivity index (χ1v) is 5.62. The zero-order chi connectivity index (χ0) is 12.3. The summed E-state index contributed by atoms with van der Waals surface area (Å²) in [6.45, 7) is 2.36. The molecule has 1 aromatic carbocycles. The van der Waals surface area contributed by atoms with Crippen molar-refractivity contribution in [2.45, 2.75) is 13.5 Å². The first kappa shape index (κ1) is 11.7. The van der Waals surface area contributed by atoms with E-state index in [1.165, 1.54) is 0 Å². The van der Waals surface area contributed by atoms with Gasteiger partial charge in [-0.15, -0.1) is 0 Å². The molecular formula is C13H13ClN2O. The van der Waals surface area contributed by atoms with Crippen molar-refractivity contribution in [3.63, 3.8) is 0 Å². The number of hydrogen-bond acceptors (Lipinski definition) is 3. The lowest BCUT2D eigenvalue weighted by Crippen LogP contribution is -2.00. The van der Waals surface area contributed by atoms with Gasteiger partial charge in [0.05, 0.1) is 11.9 Å². The largest absolute Gasteiger partial charge is 0.473 e. The van der Waals surface area contributed by atoms with Crippen LogP contribution in [0.2, 0.25) is 5.02 Å². The van der Waals surface area contributed by atoms with Crippen molar-refractivity contribution in [3.8, 4) is 5.88 Å². The molecule has 0 fully saturated rings. The molecule has 0 unspecified atom stereocenters. The van der Waals surface area contributed by atoms with Gasteiger partial charge in [0.15, 0.2) is 0 Å². The minimum Gasteiger partial charge on any atom is -0.473 e. The van der Waals surface area contributed by atoms with Gasteiger partial charge in [0, 0.05) is 10.6 Å². The third-order valence-electron chi connectivity index (χ3n) is 2.32. The highest BCUT2D eigenvalue weighted by Crippen LogP contribution is 2.18. The lowest BCUT2D eigenvalue weighted by atomic mass is 10.2. The lowest BCUT2D eigenvalue weighted by molar-refractivity contribution is 0.292. The SMILES string of the molecule is Cc1cc(N)cnc1OCc1cccc(Cl)c1. The molecule has 0 saturated carbocycles. The number of rotatable bonds is 3. The van der Waals surface area contributed by atoms with Crippen LogP contribution in [0.3, 0.4) is 0 Å². The van der Waals surface area contributed by atoms with Crippen molar-refractivity contribution in [3.05, 3.63) is 52.7 Å². The van der Waals surface area contributed by atoms with Crippen molar-refractivity contribution in [1.82, 2.24) is 4.98 Å². The molecule has 1 heterocycles. The Labute approximate surface area is 105 Å². The second kappa shape index (κ2) is 5.06. The molecule has 0 aliphatic rings. The Morgan fingerprint density at radius 3 is 2.88 bits per heavy atom. The Balaban J connectivity index is 2.07. The van der Waals surface area contributed by atoms with Gasteiger partial charge in [-0.3, -0.25) is 0 Å². The summed E-state index contributed by atoms with van der Waals surface area (Å²) in [6.07, 6.45) is 1.58. The molecule has 17 heavy (non-hydrogen) atoms. The topological polar surface area (TPSA) is 48.1 Å². The van der Waals surface area contributed by atoms with E-state index in [1.807, 2.05) is 37.3 Å². The minimum atomic E-state index is 0.443. The number of nitrogen functional groups attached to an aromatic ring is 1. The second-order valence-corrected chi connectivity index (χ2v) is 4.25. The maximum Gasteiger partial charge on any atom is 0.216 e. The van der Waals surface area contributed by atoms with Gasteiger partial charge in [0.1, 0.15) is 6.61 Å². The summed E-state index contributed by atoms with van der Waals surface area (Å²) < 4.78 is 5.61. The van der Waals surface area contributed by atoms with Crippen molar-refractivity contribution in [1.29, 1.82) is 0 Å². The summed E-state index contributed by atoms with van der Waals surface area (Å²) in [5.74, 6) is 0.596. The van der Waals surface area contributed by atoms with Crippen molar-refractivity contribution < 1.29 is 4.74 Å². The quantitative estimate of drug-likeness (QED) is 0.907. The van der Waals surface area contributed by atoms with Crippen molar-refractivity contribution in [2.24, 2.45) is 0 Å². The van der Waals surface area contributed by atoms with Gasteiger partial charge in [0.2, 0.25) is 5.88 Å². The maximum absolute atomic E-state index is 5.89. The molecule has 3 nitrogen and oxygen atoms in total. The average molecular weight is 249 g/mol. The van der Waals surface area contributed by atoms with Crippen molar-refractivity contribution in [2.75, 3.05) is 5.73 Å². The smallest absolute Gasteiger partial charge is 0.216 e. The fourth-order valence-corrected chi connectivity index (χ4v) is 1.73. The number of nitrogens with two attached hydrogens (primary N) is 1. The summed E-state index contributed by atoms with van der Waals surface area (Å²) in [7, 11) is 0. The highest BCUT2D eigenvalue weighted by Gasteiger charge is 2.02. The number of ether oxygens (including phenoxy) is 1. The number of anilines is 1. The number of aromatic nitrogens is 1. The fourth-order valence-electron chi connectivity index (χ4n) is 1.51. The van der Waals surface area contributed by atoms with E-state index in [0.29, 0.717) is 23.2 Å². The van der Waals surface area contributed by atoms with Gasteiger partial charge >= 0.3 is 0 Å². The van der Waals surface area contributed by atoms with Crippen LogP contribution in [0.5, 0.6) is 5.88 Å². The summed E-state index contributed by atoms with van der Waals surface area (Å²) >= 11 is 5.89. The third-order valence-corrected chi connectivity index (χ3v) is 2.55. The molecule has 0 radical (unpaired) electrons. The first-order chi connectivity index (χ1) is 8.15. The standard InChI is InChI=1S/C13H13ClN2O/c1-9-5-12(15)7-16-13(9)17-8-10-3-2-4-11(14)6-10/h2-7H,8,15H2,1H3. The molecule has 4 heteroatoms. The van der Waals surface area contributed by atoms with Crippen LogP contribution in [-0.2, 0) is 6.61 Å². The summed E-state index contributed by atoms with van der Waals surface area (Å²) in [5, 5.41) is 0.702. The van der Waals surface area contributed by atoms with Crippen LogP contribution in [0, 0.1) is 6.92 Å². The molecule has 1 aromatic heterocycles. The number of halogens is 1. The summed E-state index contributed by atoms with van der Waals surface area (Å²) in [4.78, 5) is 4.14. The number of aryl methyl sites for hydroxylation is 1. The number of pyridine rings is 1. The van der Waals surface area contributed by atoms with E-state index >= 15 is 0 Å². The van der Waals surface area contributed by atoms with Gasteiger partial charge in [-0.25, -0.2) is 4.98 Å². The highest BCUT2D eigenvalue weighted by molar-refractivity contribution is 6.30. The van der Waals surface area contributed by atoms with Crippen LogP contribution in [0.25, 0.3) is 0 Å². The zero-order valence-electron chi connectivity index (χ0n) is 9.48. The molecule has 0 spiro atoms. The van der Waals surface area contributed by atoms with Gasteiger partial charge in [-0.05, 0) is 30.7 Å². The van der Waals surface area contributed by atoms with Gasteiger partial charge < -0.3 is 10.5 Å². The predicted octanol–water partition coefficient (Wildman–Crippen LogP) is 3.20. The minimum absolute atomic E-state index is 0.443. The third kappa shape index (κ3) is 3.11. The molecule has 0 atom stereocenters. The summed E-state index contributed by atoms with van der Waals surface area (Å²) in [5.41, 5.74) is 8.19. The van der Waals surface area contributed by atoms with Gasteiger partial charge in [0.25, 0.3) is 0 Å². The monoisotopic (exact) mass is 248 g/mol. The summed E-state index contributed by atoms with van der Waals surface area (Å²) in [6, 6.07) is 9.38. The van der Waals surface area contributed by atoms with Crippen LogP contribution >= 0.6 is 11.6 Å². The maximum atomic E-state index is 5.89. The number of nitrogens with zero attached hydrogens (tertiary/aromatic N) is 1. The fraction of sp³-hybridized carbons (Fsp3) is 0.154. The Bertz CT molecular complexity index is 529. The van der Waals surface area contributed by atoms with Crippen LogP contribution in [0.1, 0.15) is 11.1 Å². The first-order valence-electron chi connectivity index (χ1n) is 5.24. The van der Waals surface area contributed by atoms with Crippen LogP contribution in [-0.4, -0.2) is 4.98 Å². The average Bonchev–Trinajstić information content (AvgIpc) is 2.28. The molecule has 0 aliphatic heterocycles. The number of benzene rings is 1. The van der Waals surface area contributed by atoms with E-state index in [1.54, 1.807) is 6.20 Å². The van der Waals surface area contributed by atoms with Crippen LogP contribution in [0.4, 0.5) is 5.69 Å². The Kier molecular flexibility index (Phi) is 3.49. The van der Waals surface area contributed by atoms with E-state index in [-0.39, 0.29) is 0 Å². The van der Waals surface area contributed by atoms with E-state index in [2.05, 4.69) is 4.98 Å². The predicted molar refractivity (Wildman–Crippen MR) is 69.2 cm³/mol. The Hall–Kier alpha value is -1.74. The number of hydrogen-bond donors (Lipinski definition) is 1.